The van der Waals surface area contributed by atoms with E-state index in [1.165, 1.54) is 16.8 Å². The molecule has 2 N–H and O–H groups in total. The molecule has 94 valence electrons. The third-order valence-electron chi connectivity index (χ3n) is 2.72. The number of pyridine rings is 1. The molecule has 0 saturated carbocycles. The Bertz CT molecular complexity index is 780. The molecule has 0 aliphatic carbocycles. The normalized spacial score (nSPS) is 10.7. The summed E-state index contributed by atoms with van der Waals surface area (Å²) < 4.78 is 1.38. The number of fused-ring (bicyclic) bond motifs is 1. The van der Waals surface area contributed by atoms with Gasteiger partial charge in [0.25, 0.3) is 0 Å². The number of rotatable bonds is 2. The molecule has 0 spiro atoms. The summed E-state index contributed by atoms with van der Waals surface area (Å²) in [6.45, 7) is 0. The Hall–Kier alpha value is -2.89. The van der Waals surface area contributed by atoms with E-state index in [9.17, 15) is 9.90 Å². The molecular formula is C13H9N3O3. The summed E-state index contributed by atoms with van der Waals surface area (Å²) in [5.41, 5.74) is 1.15. The number of carboxylic acid groups (broad SMARTS) is 1. The van der Waals surface area contributed by atoms with Crippen LogP contribution >= 0.6 is 0 Å². The van der Waals surface area contributed by atoms with Gasteiger partial charge in [0.05, 0.1) is 11.1 Å². The Morgan fingerprint density at radius 3 is 2.68 bits per heavy atom. The highest BCUT2D eigenvalue weighted by molar-refractivity contribution is 5.87. The van der Waals surface area contributed by atoms with Gasteiger partial charge in [-0.05, 0) is 24.3 Å². The molecule has 19 heavy (non-hydrogen) atoms. The lowest BCUT2D eigenvalue weighted by molar-refractivity contribution is 0.0696. The maximum Gasteiger partial charge on any atom is 0.337 e. The number of hydrogen-bond donors (Lipinski definition) is 2. The fraction of sp³-hybridized carbons (Fsp3) is 0. The Labute approximate surface area is 107 Å². The van der Waals surface area contributed by atoms with Crippen LogP contribution < -0.4 is 0 Å². The molecule has 3 aromatic rings. The van der Waals surface area contributed by atoms with E-state index in [1.54, 1.807) is 30.3 Å². The van der Waals surface area contributed by atoms with Crippen LogP contribution in [-0.2, 0) is 0 Å². The number of aromatic carboxylic acids is 1. The van der Waals surface area contributed by atoms with Gasteiger partial charge >= 0.3 is 5.97 Å². The number of nitrogens with zero attached hydrogens (tertiary/aromatic N) is 3. The van der Waals surface area contributed by atoms with E-state index in [4.69, 9.17) is 5.11 Å². The van der Waals surface area contributed by atoms with Crippen LogP contribution in [0.25, 0.3) is 17.0 Å². The van der Waals surface area contributed by atoms with Crippen molar-refractivity contribution in [2.24, 2.45) is 0 Å². The molecule has 0 aliphatic heterocycles. The number of phenols is 1. The molecule has 0 atom stereocenters. The standard InChI is InChI=1S/C13H9N3O3/c17-10-4-2-1-3-9(10)12-14-11-6-5-8(13(18)19)7-16(11)15-12/h1-7,17H,(H,18,19). The Morgan fingerprint density at radius 1 is 1.16 bits per heavy atom. The lowest BCUT2D eigenvalue weighted by Crippen LogP contribution is -1.99. The van der Waals surface area contributed by atoms with Crippen LogP contribution in [0, 0.1) is 0 Å². The van der Waals surface area contributed by atoms with Crippen molar-refractivity contribution in [3.05, 3.63) is 48.2 Å². The monoisotopic (exact) mass is 255 g/mol. The molecule has 1 aromatic carbocycles. The predicted molar refractivity (Wildman–Crippen MR) is 67.0 cm³/mol. The van der Waals surface area contributed by atoms with E-state index in [-0.39, 0.29) is 11.3 Å². The lowest BCUT2D eigenvalue weighted by Gasteiger charge is -1.97. The number of hydrogen-bond acceptors (Lipinski definition) is 4. The Kier molecular flexibility index (Phi) is 2.42. The van der Waals surface area contributed by atoms with E-state index < -0.39 is 5.97 Å². The smallest absolute Gasteiger partial charge is 0.337 e. The van der Waals surface area contributed by atoms with Crippen molar-refractivity contribution in [1.29, 1.82) is 0 Å². The SMILES string of the molecule is O=C(O)c1ccc2nc(-c3ccccc3O)nn2c1. The zero-order chi connectivity index (χ0) is 13.4. The van der Waals surface area contributed by atoms with Crippen molar-refractivity contribution in [3.63, 3.8) is 0 Å². The molecule has 0 aliphatic rings. The van der Waals surface area contributed by atoms with E-state index in [0.29, 0.717) is 17.0 Å². The number of benzene rings is 1. The van der Waals surface area contributed by atoms with Crippen LogP contribution in [-0.4, -0.2) is 30.8 Å². The number of aromatic nitrogens is 3. The minimum atomic E-state index is -1.03. The van der Waals surface area contributed by atoms with Crippen molar-refractivity contribution in [2.45, 2.75) is 0 Å². The molecule has 2 heterocycles. The largest absolute Gasteiger partial charge is 0.507 e. The number of para-hydroxylation sites is 1. The summed E-state index contributed by atoms with van der Waals surface area (Å²) >= 11 is 0. The van der Waals surface area contributed by atoms with E-state index in [2.05, 4.69) is 10.1 Å². The second-order valence-corrected chi connectivity index (χ2v) is 3.98. The van der Waals surface area contributed by atoms with Crippen LogP contribution in [0.4, 0.5) is 0 Å². The fourth-order valence-corrected chi connectivity index (χ4v) is 1.79. The van der Waals surface area contributed by atoms with Gasteiger partial charge in [-0.2, -0.15) is 0 Å². The fourth-order valence-electron chi connectivity index (χ4n) is 1.79. The molecule has 3 rings (SSSR count). The Balaban J connectivity index is 2.17. The Morgan fingerprint density at radius 2 is 1.95 bits per heavy atom. The van der Waals surface area contributed by atoms with Gasteiger partial charge in [-0.15, -0.1) is 5.10 Å². The van der Waals surface area contributed by atoms with Gasteiger partial charge in [-0.1, -0.05) is 12.1 Å². The first-order valence-electron chi connectivity index (χ1n) is 5.53. The van der Waals surface area contributed by atoms with Gasteiger partial charge in [0.15, 0.2) is 11.5 Å². The molecule has 0 radical (unpaired) electrons. The van der Waals surface area contributed by atoms with Gasteiger partial charge < -0.3 is 10.2 Å². The summed E-state index contributed by atoms with van der Waals surface area (Å²) in [6.07, 6.45) is 1.38. The molecule has 0 saturated heterocycles. The van der Waals surface area contributed by atoms with Gasteiger partial charge in [-0.25, -0.2) is 14.3 Å². The van der Waals surface area contributed by atoms with Crippen LogP contribution in [0.5, 0.6) is 5.75 Å². The summed E-state index contributed by atoms with van der Waals surface area (Å²) in [4.78, 5) is 15.1. The van der Waals surface area contributed by atoms with Crippen molar-refractivity contribution < 1.29 is 15.0 Å². The molecule has 0 bridgehead atoms. The molecule has 0 unspecified atom stereocenters. The highest BCUT2D eigenvalue weighted by Gasteiger charge is 2.11. The summed E-state index contributed by atoms with van der Waals surface area (Å²) in [6, 6.07) is 9.74. The first-order chi connectivity index (χ1) is 9.15. The van der Waals surface area contributed by atoms with Crippen LogP contribution in [0.2, 0.25) is 0 Å². The second-order valence-electron chi connectivity index (χ2n) is 3.98. The first kappa shape index (κ1) is 11.2. The number of carboxylic acids is 1. The first-order valence-corrected chi connectivity index (χ1v) is 5.53. The number of phenolic OH excluding ortho intramolecular Hbond substituents is 1. The molecule has 0 fully saturated rings. The van der Waals surface area contributed by atoms with Crippen molar-refractivity contribution in [2.75, 3.05) is 0 Å². The van der Waals surface area contributed by atoms with E-state index >= 15 is 0 Å². The molecular weight excluding hydrogens is 246 g/mol. The van der Waals surface area contributed by atoms with Crippen molar-refractivity contribution in [1.82, 2.24) is 14.6 Å². The van der Waals surface area contributed by atoms with E-state index in [0.717, 1.165) is 0 Å². The number of carbonyl (C=O) groups is 1. The molecule has 6 nitrogen and oxygen atoms in total. The van der Waals surface area contributed by atoms with Gasteiger partial charge in [0, 0.05) is 6.20 Å². The highest BCUT2D eigenvalue weighted by atomic mass is 16.4. The summed E-state index contributed by atoms with van der Waals surface area (Å²) in [5, 5.41) is 22.8. The molecule has 0 amide bonds. The minimum Gasteiger partial charge on any atom is -0.507 e. The third kappa shape index (κ3) is 1.89. The van der Waals surface area contributed by atoms with Crippen LogP contribution in [0.15, 0.2) is 42.6 Å². The van der Waals surface area contributed by atoms with Gasteiger partial charge in [-0.3, -0.25) is 0 Å². The summed E-state index contributed by atoms with van der Waals surface area (Å²) in [7, 11) is 0. The third-order valence-corrected chi connectivity index (χ3v) is 2.72. The molecule has 2 aromatic heterocycles. The topological polar surface area (TPSA) is 87.7 Å². The maximum absolute atomic E-state index is 10.9. The van der Waals surface area contributed by atoms with Crippen LogP contribution in [0.3, 0.4) is 0 Å². The quantitative estimate of drug-likeness (QED) is 0.729. The molecule has 6 heteroatoms. The average Bonchev–Trinajstić information content (AvgIpc) is 2.81. The lowest BCUT2D eigenvalue weighted by atomic mass is 10.2. The zero-order valence-corrected chi connectivity index (χ0v) is 9.69. The predicted octanol–water partition coefficient (Wildman–Crippen LogP) is 1.80. The maximum atomic E-state index is 10.9. The van der Waals surface area contributed by atoms with Gasteiger partial charge in [0.1, 0.15) is 5.75 Å². The van der Waals surface area contributed by atoms with Crippen molar-refractivity contribution in [3.8, 4) is 17.1 Å². The summed E-state index contributed by atoms with van der Waals surface area (Å²) in [5.74, 6) is -0.598. The second kappa shape index (κ2) is 4.09. The zero-order valence-electron chi connectivity index (χ0n) is 9.69. The van der Waals surface area contributed by atoms with Crippen LogP contribution in [0.1, 0.15) is 10.4 Å². The average molecular weight is 255 g/mol. The number of aromatic hydroxyl groups is 1. The van der Waals surface area contributed by atoms with Gasteiger partial charge in [0.2, 0.25) is 0 Å². The van der Waals surface area contributed by atoms with Crippen molar-refractivity contribution >= 4 is 11.6 Å². The highest BCUT2D eigenvalue weighted by Crippen LogP contribution is 2.26. The minimum absolute atomic E-state index is 0.0804. The van der Waals surface area contributed by atoms with E-state index in [1.807, 2.05) is 0 Å².